The molecule has 0 amide bonds. The van der Waals surface area contributed by atoms with Crippen molar-refractivity contribution in [2.45, 2.75) is 33.8 Å². The summed E-state index contributed by atoms with van der Waals surface area (Å²) >= 11 is 0. The Kier molecular flexibility index (Phi) is 4.71. The van der Waals surface area contributed by atoms with Gasteiger partial charge in [0, 0.05) is 11.4 Å². The predicted molar refractivity (Wildman–Crippen MR) is 90.6 cm³/mol. The highest BCUT2D eigenvalue weighted by Crippen LogP contribution is 2.27. The van der Waals surface area contributed by atoms with E-state index in [-0.39, 0.29) is 12.1 Å². The fourth-order valence-corrected chi connectivity index (χ4v) is 2.15. The van der Waals surface area contributed by atoms with E-state index in [9.17, 15) is 4.79 Å². The molecule has 0 unspecified atom stereocenters. The molecule has 0 aromatic heterocycles. The van der Waals surface area contributed by atoms with E-state index in [1.165, 1.54) is 5.56 Å². The van der Waals surface area contributed by atoms with Crippen LogP contribution in [0.4, 0.5) is 17.1 Å². The summed E-state index contributed by atoms with van der Waals surface area (Å²) in [4.78, 5) is 12.3. The van der Waals surface area contributed by atoms with Gasteiger partial charge >= 0.3 is 5.97 Å². The maximum absolute atomic E-state index is 12.3. The first-order valence-electron chi connectivity index (χ1n) is 7.32. The van der Waals surface area contributed by atoms with Gasteiger partial charge in [-0.2, -0.15) is 0 Å². The third kappa shape index (κ3) is 3.58. The van der Waals surface area contributed by atoms with Crippen molar-refractivity contribution >= 4 is 23.0 Å². The second-order valence-corrected chi connectivity index (χ2v) is 5.63. The second kappa shape index (κ2) is 6.52. The molecule has 0 aliphatic rings. The van der Waals surface area contributed by atoms with E-state index in [0.29, 0.717) is 16.9 Å². The number of nitrogens with two attached hydrogens (primary N) is 1. The fourth-order valence-electron chi connectivity index (χ4n) is 2.15. The number of carbonyl (C=O) groups is 1. The van der Waals surface area contributed by atoms with Crippen molar-refractivity contribution in [1.82, 2.24) is 0 Å². The summed E-state index contributed by atoms with van der Waals surface area (Å²) in [6.45, 7) is 7.74. The topological polar surface area (TPSA) is 64.3 Å². The number of anilines is 3. The van der Waals surface area contributed by atoms with Gasteiger partial charge in [-0.1, -0.05) is 12.1 Å². The highest BCUT2D eigenvalue weighted by atomic mass is 16.5. The normalized spacial score (nSPS) is 10.6. The van der Waals surface area contributed by atoms with Crippen LogP contribution in [-0.4, -0.2) is 12.1 Å². The Morgan fingerprint density at radius 2 is 1.86 bits per heavy atom. The molecule has 0 aliphatic heterocycles. The van der Waals surface area contributed by atoms with Crippen molar-refractivity contribution in [3.05, 3.63) is 53.1 Å². The van der Waals surface area contributed by atoms with Gasteiger partial charge in [0.05, 0.1) is 17.4 Å². The average molecular weight is 298 g/mol. The zero-order valence-corrected chi connectivity index (χ0v) is 13.4. The molecular weight excluding hydrogens is 276 g/mol. The number of rotatable bonds is 4. The highest BCUT2D eigenvalue weighted by molar-refractivity contribution is 5.97. The van der Waals surface area contributed by atoms with Crippen molar-refractivity contribution in [2.75, 3.05) is 11.1 Å². The molecule has 0 fully saturated rings. The summed E-state index contributed by atoms with van der Waals surface area (Å²) in [5, 5.41) is 3.31. The van der Waals surface area contributed by atoms with E-state index < -0.39 is 0 Å². The number of ether oxygens (including phenoxy) is 1. The molecule has 0 spiro atoms. The molecule has 2 aromatic rings. The summed E-state index contributed by atoms with van der Waals surface area (Å²) in [5.41, 5.74) is 10.8. The molecule has 116 valence electrons. The number of aryl methyl sites for hydroxylation is 1. The summed E-state index contributed by atoms with van der Waals surface area (Å²) < 4.78 is 5.29. The number of carbonyl (C=O) groups excluding carboxylic acids is 1. The van der Waals surface area contributed by atoms with Crippen LogP contribution in [0.5, 0.6) is 0 Å². The van der Waals surface area contributed by atoms with E-state index >= 15 is 0 Å². The number of nitrogen functional groups attached to an aromatic ring is 1. The summed E-state index contributed by atoms with van der Waals surface area (Å²) in [6.07, 6.45) is -0.178. The highest BCUT2D eigenvalue weighted by Gasteiger charge is 2.15. The third-order valence-corrected chi connectivity index (χ3v) is 3.48. The number of nitrogens with one attached hydrogen (secondary N) is 1. The van der Waals surface area contributed by atoms with Crippen LogP contribution < -0.4 is 11.1 Å². The Hall–Kier alpha value is -2.49. The SMILES string of the molecule is Cc1cccc(Nc2ccc(N)cc2C(=O)OC(C)C)c1C. The molecule has 0 heterocycles. The molecular formula is C18H22N2O2. The molecule has 3 N–H and O–H groups in total. The van der Waals surface area contributed by atoms with Gasteiger partial charge < -0.3 is 15.8 Å². The van der Waals surface area contributed by atoms with E-state index in [1.807, 2.05) is 32.9 Å². The van der Waals surface area contributed by atoms with Crippen molar-refractivity contribution in [3.8, 4) is 0 Å². The zero-order chi connectivity index (χ0) is 16.3. The number of hydrogen-bond acceptors (Lipinski definition) is 4. The lowest BCUT2D eigenvalue weighted by Gasteiger charge is -2.16. The number of esters is 1. The fraction of sp³-hybridized carbons (Fsp3) is 0.278. The summed E-state index contributed by atoms with van der Waals surface area (Å²) in [6, 6.07) is 11.2. The van der Waals surface area contributed by atoms with Gasteiger partial charge in [-0.15, -0.1) is 0 Å². The molecule has 2 aromatic carbocycles. The van der Waals surface area contributed by atoms with Gasteiger partial charge in [0.15, 0.2) is 0 Å². The molecule has 0 radical (unpaired) electrons. The molecule has 4 nitrogen and oxygen atoms in total. The zero-order valence-electron chi connectivity index (χ0n) is 13.4. The molecule has 0 atom stereocenters. The maximum atomic E-state index is 12.3. The van der Waals surface area contributed by atoms with E-state index in [0.717, 1.165) is 11.3 Å². The van der Waals surface area contributed by atoms with Crippen molar-refractivity contribution < 1.29 is 9.53 Å². The van der Waals surface area contributed by atoms with Crippen molar-refractivity contribution in [1.29, 1.82) is 0 Å². The van der Waals surface area contributed by atoms with Crippen molar-refractivity contribution in [3.63, 3.8) is 0 Å². The monoisotopic (exact) mass is 298 g/mol. The smallest absolute Gasteiger partial charge is 0.340 e. The van der Waals surface area contributed by atoms with Crippen LogP contribution >= 0.6 is 0 Å². The van der Waals surface area contributed by atoms with Gasteiger partial charge in [-0.3, -0.25) is 0 Å². The van der Waals surface area contributed by atoms with E-state index in [1.54, 1.807) is 18.2 Å². The minimum atomic E-state index is -0.380. The van der Waals surface area contributed by atoms with Gasteiger partial charge in [-0.25, -0.2) is 4.79 Å². The van der Waals surface area contributed by atoms with Crippen molar-refractivity contribution in [2.24, 2.45) is 0 Å². The van der Waals surface area contributed by atoms with Gasteiger partial charge in [0.25, 0.3) is 0 Å². The van der Waals surface area contributed by atoms with Crippen LogP contribution in [0, 0.1) is 13.8 Å². The van der Waals surface area contributed by atoms with Crippen LogP contribution in [0.3, 0.4) is 0 Å². The standard InChI is InChI=1S/C18H22N2O2/c1-11(2)22-18(21)15-10-14(19)8-9-17(15)20-16-7-5-6-12(3)13(16)4/h5-11,20H,19H2,1-4H3. The Labute approximate surface area is 131 Å². The Bertz CT molecular complexity index is 693. The quantitative estimate of drug-likeness (QED) is 0.656. The van der Waals surface area contributed by atoms with Crippen LogP contribution in [0.2, 0.25) is 0 Å². The first kappa shape index (κ1) is 15.9. The van der Waals surface area contributed by atoms with Crippen LogP contribution in [0.15, 0.2) is 36.4 Å². The number of hydrogen-bond donors (Lipinski definition) is 2. The Morgan fingerprint density at radius 1 is 1.14 bits per heavy atom. The maximum Gasteiger partial charge on any atom is 0.340 e. The van der Waals surface area contributed by atoms with Gasteiger partial charge in [0.1, 0.15) is 0 Å². The lowest BCUT2D eigenvalue weighted by atomic mass is 10.1. The van der Waals surface area contributed by atoms with Crippen LogP contribution in [0.1, 0.15) is 35.3 Å². The van der Waals surface area contributed by atoms with E-state index in [4.69, 9.17) is 10.5 Å². The van der Waals surface area contributed by atoms with Crippen LogP contribution in [-0.2, 0) is 4.74 Å². The Balaban J connectivity index is 2.38. The second-order valence-electron chi connectivity index (χ2n) is 5.63. The molecule has 4 heteroatoms. The lowest BCUT2D eigenvalue weighted by molar-refractivity contribution is 0.0379. The molecule has 0 saturated heterocycles. The first-order valence-corrected chi connectivity index (χ1v) is 7.32. The number of benzene rings is 2. The minimum Gasteiger partial charge on any atom is -0.459 e. The molecule has 2 rings (SSSR count). The first-order chi connectivity index (χ1) is 10.4. The molecule has 22 heavy (non-hydrogen) atoms. The molecule has 0 saturated carbocycles. The molecule has 0 aliphatic carbocycles. The summed E-state index contributed by atoms with van der Waals surface area (Å²) in [5.74, 6) is -0.380. The average Bonchev–Trinajstić information content (AvgIpc) is 2.45. The van der Waals surface area contributed by atoms with Gasteiger partial charge in [-0.05, 0) is 63.1 Å². The predicted octanol–water partition coefficient (Wildman–Crippen LogP) is 4.19. The van der Waals surface area contributed by atoms with Gasteiger partial charge in [0.2, 0.25) is 0 Å². The minimum absolute atomic E-state index is 0.178. The third-order valence-electron chi connectivity index (χ3n) is 3.48. The lowest BCUT2D eigenvalue weighted by Crippen LogP contribution is -2.14. The Morgan fingerprint density at radius 3 is 2.55 bits per heavy atom. The largest absolute Gasteiger partial charge is 0.459 e. The molecule has 0 bridgehead atoms. The van der Waals surface area contributed by atoms with Crippen LogP contribution in [0.25, 0.3) is 0 Å². The summed E-state index contributed by atoms with van der Waals surface area (Å²) in [7, 11) is 0. The van der Waals surface area contributed by atoms with E-state index in [2.05, 4.69) is 18.3 Å².